The summed E-state index contributed by atoms with van der Waals surface area (Å²) >= 11 is 0. The maximum Gasteiger partial charge on any atom is 0.310 e. The van der Waals surface area contributed by atoms with Crippen LogP contribution in [0.4, 0.5) is 0 Å². The molecule has 10 heteroatoms. The van der Waals surface area contributed by atoms with Crippen LogP contribution in [-0.2, 0) is 14.3 Å². The summed E-state index contributed by atoms with van der Waals surface area (Å²) in [6.07, 6.45) is 1.81. The Morgan fingerprint density at radius 3 is 2.27 bits per heavy atom. The van der Waals surface area contributed by atoms with E-state index in [1.54, 1.807) is 0 Å². The molecule has 256 valence electrons. The Balaban J connectivity index is 1.30. The molecule has 1 aliphatic heterocycles. The molecular formula is C35H56O10. The Kier molecular flexibility index (Phi) is 8.22. The van der Waals surface area contributed by atoms with Crippen molar-refractivity contribution in [3.63, 3.8) is 0 Å². The number of hydrogen-bond acceptors (Lipinski definition) is 9. The minimum atomic E-state index is -1.53. The Bertz CT molecular complexity index is 1200. The van der Waals surface area contributed by atoms with E-state index in [-0.39, 0.29) is 40.6 Å². The summed E-state index contributed by atoms with van der Waals surface area (Å²) in [6.45, 7) is 10.6. The summed E-state index contributed by atoms with van der Waals surface area (Å²) in [7, 11) is 0. The van der Waals surface area contributed by atoms with Crippen molar-refractivity contribution in [2.75, 3.05) is 13.2 Å². The van der Waals surface area contributed by atoms with E-state index in [2.05, 4.69) is 26.8 Å². The van der Waals surface area contributed by atoms with Gasteiger partial charge >= 0.3 is 5.97 Å². The molecule has 1 saturated heterocycles. The SMILES string of the molecule is C[C@@]1(O)CC[C@]2(C(=O)O)CC[C@]3(C)C(=CC[C@@H]4[C@@]5(C)CC[C@H](O)[C@](C)(CO[C@@H]6O[C@H](CO)[C@@H](O)[C@H](O)[C@H]6O)[C@@H]5CC[C@]43C)[C@@H]2C1. The first kappa shape index (κ1) is 33.8. The topological polar surface area (TPSA) is 177 Å². The summed E-state index contributed by atoms with van der Waals surface area (Å²) in [5.41, 5.74) is -1.60. The van der Waals surface area contributed by atoms with E-state index in [1.165, 1.54) is 5.57 Å². The van der Waals surface area contributed by atoms with E-state index in [9.17, 15) is 40.5 Å². The van der Waals surface area contributed by atoms with Crippen molar-refractivity contribution < 1.29 is 50.0 Å². The van der Waals surface area contributed by atoms with Gasteiger partial charge in [-0.05, 0) is 105 Å². The zero-order chi connectivity index (χ0) is 33.0. The number of carboxylic acids is 1. The highest BCUT2D eigenvalue weighted by molar-refractivity contribution is 5.76. The third kappa shape index (κ3) is 4.67. The third-order valence-electron chi connectivity index (χ3n) is 15.0. The predicted molar refractivity (Wildman–Crippen MR) is 164 cm³/mol. The maximum atomic E-state index is 12.9. The predicted octanol–water partition coefficient (Wildman–Crippen LogP) is 2.76. The average Bonchev–Trinajstić information content (AvgIpc) is 2.98. The van der Waals surface area contributed by atoms with E-state index in [1.807, 2.05) is 13.8 Å². The van der Waals surface area contributed by atoms with Crippen molar-refractivity contribution in [2.24, 2.45) is 44.8 Å². The second-order valence-electron chi connectivity index (χ2n) is 17.1. The molecule has 0 amide bonds. The van der Waals surface area contributed by atoms with Crippen LogP contribution in [0, 0.1) is 44.8 Å². The highest BCUT2D eigenvalue weighted by atomic mass is 16.7. The molecule has 10 nitrogen and oxygen atoms in total. The number of carboxylic acid groups (broad SMARTS) is 1. The lowest BCUT2D eigenvalue weighted by molar-refractivity contribution is -0.315. The van der Waals surface area contributed by atoms with Gasteiger partial charge in [-0.2, -0.15) is 0 Å². The van der Waals surface area contributed by atoms with Crippen LogP contribution in [-0.4, -0.2) is 97.3 Å². The monoisotopic (exact) mass is 636 g/mol. The molecule has 0 aromatic rings. The van der Waals surface area contributed by atoms with Crippen LogP contribution in [0.15, 0.2) is 11.6 Å². The number of rotatable bonds is 5. The third-order valence-corrected chi connectivity index (χ3v) is 15.0. The number of ether oxygens (including phenoxy) is 2. The minimum absolute atomic E-state index is 0.0805. The van der Waals surface area contributed by atoms with Gasteiger partial charge in [0.25, 0.3) is 0 Å². The van der Waals surface area contributed by atoms with E-state index in [4.69, 9.17) is 9.47 Å². The fraction of sp³-hybridized carbons (Fsp3) is 0.914. The second-order valence-corrected chi connectivity index (χ2v) is 17.1. The van der Waals surface area contributed by atoms with Gasteiger partial charge in [0.05, 0.1) is 30.3 Å². The smallest absolute Gasteiger partial charge is 0.310 e. The fourth-order valence-electron chi connectivity index (χ4n) is 11.9. The highest BCUT2D eigenvalue weighted by Gasteiger charge is 2.70. The Morgan fingerprint density at radius 1 is 0.911 bits per heavy atom. The van der Waals surface area contributed by atoms with E-state index < -0.39 is 65.8 Å². The molecule has 0 aromatic carbocycles. The van der Waals surface area contributed by atoms with Crippen LogP contribution < -0.4 is 0 Å². The Hall–Kier alpha value is -1.11. The number of carbonyl (C=O) groups is 1. The van der Waals surface area contributed by atoms with Crippen LogP contribution in [0.25, 0.3) is 0 Å². The first-order valence-corrected chi connectivity index (χ1v) is 17.2. The van der Waals surface area contributed by atoms with Crippen LogP contribution in [0.2, 0.25) is 0 Å². The summed E-state index contributed by atoms with van der Waals surface area (Å²) in [6, 6.07) is 0. The van der Waals surface area contributed by atoms with Crippen molar-refractivity contribution in [1.29, 1.82) is 0 Å². The summed E-state index contributed by atoms with van der Waals surface area (Å²) in [5.74, 6) is -0.540. The summed E-state index contributed by atoms with van der Waals surface area (Å²) in [5, 5.41) is 74.0. The molecule has 0 unspecified atom stereocenters. The molecule has 4 saturated carbocycles. The van der Waals surface area contributed by atoms with Crippen LogP contribution >= 0.6 is 0 Å². The maximum absolute atomic E-state index is 12.9. The summed E-state index contributed by atoms with van der Waals surface area (Å²) < 4.78 is 11.8. The molecule has 45 heavy (non-hydrogen) atoms. The number of fused-ring (bicyclic) bond motifs is 7. The Labute approximate surface area is 266 Å². The molecule has 0 radical (unpaired) electrons. The van der Waals surface area contributed by atoms with Crippen molar-refractivity contribution in [2.45, 2.75) is 141 Å². The lowest BCUT2D eigenvalue weighted by Crippen LogP contribution is -2.66. The van der Waals surface area contributed by atoms with Crippen molar-refractivity contribution >= 4 is 5.97 Å². The number of aliphatic carboxylic acids is 1. The molecule has 7 N–H and O–H groups in total. The first-order valence-electron chi connectivity index (χ1n) is 17.2. The number of aliphatic hydroxyl groups excluding tert-OH is 5. The highest BCUT2D eigenvalue weighted by Crippen LogP contribution is 2.75. The molecule has 6 rings (SSSR count). The molecule has 0 spiro atoms. The minimum Gasteiger partial charge on any atom is -0.481 e. The van der Waals surface area contributed by atoms with Crippen molar-refractivity contribution in [1.82, 2.24) is 0 Å². The lowest BCUT2D eigenvalue weighted by atomic mass is 9.33. The summed E-state index contributed by atoms with van der Waals surface area (Å²) in [4.78, 5) is 12.9. The lowest BCUT2D eigenvalue weighted by Gasteiger charge is -2.71. The largest absolute Gasteiger partial charge is 0.481 e. The van der Waals surface area contributed by atoms with Gasteiger partial charge in [0.2, 0.25) is 0 Å². The molecule has 5 fully saturated rings. The van der Waals surface area contributed by atoms with Gasteiger partial charge in [-0.15, -0.1) is 0 Å². The molecule has 5 aliphatic carbocycles. The zero-order valence-electron chi connectivity index (χ0n) is 27.6. The number of hydrogen-bond donors (Lipinski definition) is 7. The van der Waals surface area contributed by atoms with E-state index >= 15 is 0 Å². The molecule has 15 atom stereocenters. The molecule has 6 aliphatic rings. The molecule has 0 bridgehead atoms. The Morgan fingerprint density at radius 2 is 1.60 bits per heavy atom. The first-order chi connectivity index (χ1) is 20.9. The van der Waals surface area contributed by atoms with Gasteiger partial charge in [-0.1, -0.05) is 39.3 Å². The van der Waals surface area contributed by atoms with Crippen molar-refractivity contribution in [3.05, 3.63) is 11.6 Å². The molecule has 1 heterocycles. The van der Waals surface area contributed by atoms with Gasteiger partial charge in [-0.25, -0.2) is 0 Å². The quantitative estimate of drug-likeness (QED) is 0.222. The van der Waals surface area contributed by atoms with Crippen LogP contribution in [0.3, 0.4) is 0 Å². The van der Waals surface area contributed by atoms with Gasteiger partial charge in [-0.3, -0.25) is 4.79 Å². The zero-order valence-corrected chi connectivity index (χ0v) is 27.6. The van der Waals surface area contributed by atoms with Crippen molar-refractivity contribution in [3.8, 4) is 0 Å². The average molecular weight is 637 g/mol. The molecule has 0 aromatic heterocycles. The standard InChI is InChI=1S/C35H56O10/c1-30(43)12-14-35(29(41)42)15-13-33(4)19(20(35)16-30)6-7-23-31(2)10-9-24(37)32(3,22(31)8-11-34(23,33)5)18-44-28-27(40)26(39)25(38)21(17-36)45-28/h6,20-28,36-40,43H,7-18H2,1-5H3,(H,41,42)/t20-,21+,22+,23+,24-,25+,26-,27+,28+,30+,31-,32+,33+,34+,35-/m0/s1. The fourth-order valence-corrected chi connectivity index (χ4v) is 11.9. The number of allylic oxidation sites excluding steroid dienone is 2. The van der Waals surface area contributed by atoms with Crippen LogP contribution in [0.5, 0.6) is 0 Å². The van der Waals surface area contributed by atoms with E-state index in [0.717, 1.165) is 32.1 Å². The van der Waals surface area contributed by atoms with Crippen LogP contribution in [0.1, 0.15) is 98.8 Å². The van der Waals surface area contributed by atoms with Gasteiger partial charge in [0.15, 0.2) is 6.29 Å². The molecular weight excluding hydrogens is 580 g/mol. The van der Waals surface area contributed by atoms with E-state index in [0.29, 0.717) is 32.1 Å². The van der Waals surface area contributed by atoms with Gasteiger partial charge < -0.3 is 45.2 Å². The van der Waals surface area contributed by atoms with Gasteiger partial charge in [0.1, 0.15) is 24.4 Å². The second kappa shape index (κ2) is 11.0. The number of aliphatic hydroxyl groups is 6. The van der Waals surface area contributed by atoms with Gasteiger partial charge in [0, 0.05) is 5.41 Å². The normalized spacial score (nSPS) is 56.2.